The Labute approximate surface area is 151 Å². The first kappa shape index (κ1) is 17.7. The van der Waals surface area contributed by atoms with E-state index in [2.05, 4.69) is 5.16 Å². The molecule has 0 unspecified atom stereocenters. The van der Waals surface area contributed by atoms with Crippen molar-refractivity contribution in [3.05, 3.63) is 59.9 Å². The predicted molar refractivity (Wildman–Crippen MR) is 95.6 cm³/mol. The molecule has 6 nitrogen and oxygen atoms in total. The number of hydrogen-bond acceptors (Lipinski definition) is 6. The highest BCUT2D eigenvalue weighted by Crippen LogP contribution is 2.36. The fourth-order valence-electron chi connectivity index (χ4n) is 2.67. The molecule has 1 N–H and O–H groups in total. The van der Waals surface area contributed by atoms with Crippen LogP contribution in [0.5, 0.6) is 5.75 Å². The highest BCUT2D eigenvalue weighted by atomic mass is 16.5. The molecule has 0 saturated carbocycles. The van der Waals surface area contributed by atoms with Crippen molar-refractivity contribution in [2.24, 2.45) is 0 Å². The summed E-state index contributed by atoms with van der Waals surface area (Å²) >= 11 is 0. The van der Waals surface area contributed by atoms with Crippen LogP contribution in [0.2, 0.25) is 0 Å². The van der Waals surface area contributed by atoms with Crippen molar-refractivity contribution < 1.29 is 23.9 Å². The molecule has 0 aliphatic carbocycles. The maximum Gasteiger partial charge on any atom is 0.313 e. The highest BCUT2D eigenvalue weighted by molar-refractivity contribution is 5.85. The third-order valence-corrected chi connectivity index (χ3v) is 4.08. The maximum absolute atomic E-state index is 11.7. The first-order valence-electron chi connectivity index (χ1n) is 8.06. The molecular weight excluding hydrogens is 334 g/mol. The Morgan fingerprint density at radius 1 is 1.04 bits per heavy atom. The van der Waals surface area contributed by atoms with Gasteiger partial charge in [0.2, 0.25) is 0 Å². The first-order valence-corrected chi connectivity index (χ1v) is 8.06. The van der Waals surface area contributed by atoms with Crippen LogP contribution in [-0.2, 0) is 22.6 Å². The molecule has 0 saturated heterocycles. The molecule has 2 aromatic carbocycles. The van der Waals surface area contributed by atoms with E-state index in [9.17, 15) is 9.90 Å². The molecule has 1 heterocycles. The van der Waals surface area contributed by atoms with Crippen molar-refractivity contribution in [2.75, 3.05) is 14.2 Å². The zero-order valence-corrected chi connectivity index (χ0v) is 14.6. The van der Waals surface area contributed by atoms with Gasteiger partial charge in [0.05, 0.1) is 26.4 Å². The number of esters is 1. The van der Waals surface area contributed by atoms with Crippen LogP contribution in [0.25, 0.3) is 22.4 Å². The summed E-state index contributed by atoms with van der Waals surface area (Å²) in [6.45, 7) is -0.0297. The number of methoxy groups -OCH3 is 2. The van der Waals surface area contributed by atoms with Gasteiger partial charge in [-0.1, -0.05) is 41.6 Å². The second-order valence-corrected chi connectivity index (χ2v) is 5.67. The molecular formula is C20H19NO5. The van der Waals surface area contributed by atoms with E-state index in [1.165, 1.54) is 7.11 Å². The van der Waals surface area contributed by atoms with E-state index in [0.29, 0.717) is 11.5 Å². The number of aliphatic hydroxyl groups excluding tert-OH is 1. The Kier molecular flexibility index (Phi) is 5.34. The number of carbonyl (C=O) groups is 1. The number of rotatable bonds is 6. The molecule has 0 bridgehead atoms. The van der Waals surface area contributed by atoms with Gasteiger partial charge in [-0.15, -0.1) is 0 Å². The summed E-state index contributed by atoms with van der Waals surface area (Å²) in [6.07, 6.45) is -0.0143. The minimum absolute atomic E-state index is 0.0143. The molecule has 0 fully saturated rings. The molecule has 3 rings (SSSR count). The van der Waals surface area contributed by atoms with E-state index in [4.69, 9.17) is 14.0 Å². The maximum atomic E-state index is 11.7. The molecule has 134 valence electrons. The van der Waals surface area contributed by atoms with E-state index in [-0.39, 0.29) is 13.0 Å². The first-order chi connectivity index (χ1) is 12.7. The number of benzene rings is 2. The fraction of sp³-hybridized carbons (Fsp3) is 0.200. The number of nitrogens with zero attached hydrogens (tertiary/aromatic N) is 1. The number of hydrogen-bond donors (Lipinski definition) is 1. The summed E-state index contributed by atoms with van der Waals surface area (Å²) in [5.41, 5.74) is 3.84. The number of carbonyl (C=O) groups excluding carboxylic acids is 1. The third-order valence-electron chi connectivity index (χ3n) is 4.08. The lowest BCUT2D eigenvalue weighted by atomic mass is 9.97. The summed E-state index contributed by atoms with van der Waals surface area (Å²) in [6, 6.07) is 14.8. The van der Waals surface area contributed by atoms with Crippen molar-refractivity contribution in [1.82, 2.24) is 5.16 Å². The lowest BCUT2D eigenvalue weighted by Gasteiger charge is -2.07. The second kappa shape index (κ2) is 7.84. The highest BCUT2D eigenvalue weighted by Gasteiger charge is 2.21. The third kappa shape index (κ3) is 3.60. The Bertz CT molecular complexity index is 882. The van der Waals surface area contributed by atoms with E-state index < -0.39 is 5.97 Å². The number of ether oxygens (including phenoxy) is 2. The molecule has 0 spiro atoms. The zero-order valence-electron chi connectivity index (χ0n) is 14.6. The molecule has 6 heteroatoms. The van der Waals surface area contributed by atoms with Gasteiger partial charge in [-0.3, -0.25) is 4.79 Å². The number of aromatic nitrogens is 1. The van der Waals surface area contributed by atoms with E-state index in [0.717, 1.165) is 28.0 Å². The van der Waals surface area contributed by atoms with Crippen molar-refractivity contribution in [3.63, 3.8) is 0 Å². The molecule has 1 aromatic heterocycles. The van der Waals surface area contributed by atoms with Gasteiger partial charge in [0.25, 0.3) is 0 Å². The van der Waals surface area contributed by atoms with E-state index in [1.807, 2.05) is 48.5 Å². The smallest absolute Gasteiger partial charge is 0.313 e. The SMILES string of the molecule is COC(=O)Cc1onc(-c2ccc(CO)cc2)c1-c1ccc(OC)cc1. The van der Waals surface area contributed by atoms with Crippen LogP contribution in [-0.4, -0.2) is 30.5 Å². The standard InChI is InChI=1S/C20H19NO5/c1-24-16-9-7-14(8-10-16)19-17(11-18(23)25-2)26-21-20(19)15-5-3-13(12-22)4-6-15/h3-10,22H,11-12H2,1-2H3. The van der Waals surface area contributed by atoms with Crippen molar-refractivity contribution in [3.8, 4) is 28.1 Å². The Balaban J connectivity index is 2.09. The summed E-state index contributed by atoms with van der Waals surface area (Å²) in [7, 11) is 2.94. The van der Waals surface area contributed by atoms with E-state index in [1.54, 1.807) is 7.11 Å². The molecule has 3 aromatic rings. The molecule has 26 heavy (non-hydrogen) atoms. The zero-order chi connectivity index (χ0) is 18.5. The predicted octanol–water partition coefficient (Wildman–Crippen LogP) is 3.23. The van der Waals surface area contributed by atoms with Gasteiger partial charge in [0.1, 0.15) is 17.9 Å². The normalized spacial score (nSPS) is 10.6. The van der Waals surface area contributed by atoms with Crippen molar-refractivity contribution >= 4 is 5.97 Å². The van der Waals surface area contributed by atoms with Crippen LogP contribution in [0.4, 0.5) is 0 Å². The molecule has 0 amide bonds. The summed E-state index contributed by atoms with van der Waals surface area (Å²) in [4.78, 5) is 11.7. The monoisotopic (exact) mass is 353 g/mol. The van der Waals surface area contributed by atoms with Crippen molar-refractivity contribution in [1.29, 1.82) is 0 Å². The molecule has 0 aliphatic rings. The van der Waals surface area contributed by atoms with Gasteiger partial charge in [-0.2, -0.15) is 0 Å². The Hall–Kier alpha value is -3.12. The van der Waals surface area contributed by atoms with Gasteiger partial charge in [0, 0.05) is 5.56 Å². The fourth-order valence-corrected chi connectivity index (χ4v) is 2.67. The lowest BCUT2D eigenvalue weighted by Crippen LogP contribution is -2.04. The summed E-state index contributed by atoms with van der Waals surface area (Å²) in [5.74, 6) is 0.759. The topological polar surface area (TPSA) is 81.8 Å². The number of aliphatic hydroxyl groups is 1. The van der Waals surface area contributed by atoms with E-state index >= 15 is 0 Å². The summed E-state index contributed by atoms with van der Waals surface area (Å²) in [5, 5.41) is 13.4. The van der Waals surface area contributed by atoms with Gasteiger partial charge >= 0.3 is 5.97 Å². The minimum Gasteiger partial charge on any atom is -0.497 e. The van der Waals surface area contributed by atoms with Gasteiger partial charge in [-0.25, -0.2) is 0 Å². The molecule has 0 radical (unpaired) electrons. The Morgan fingerprint density at radius 3 is 2.27 bits per heavy atom. The van der Waals surface area contributed by atoms with Crippen LogP contribution in [0.1, 0.15) is 11.3 Å². The van der Waals surface area contributed by atoms with Gasteiger partial charge in [-0.05, 0) is 23.3 Å². The second-order valence-electron chi connectivity index (χ2n) is 5.67. The van der Waals surface area contributed by atoms with Crippen LogP contribution in [0, 0.1) is 0 Å². The lowest BCUT2D eigenvalue weighted by molar-refractivity contribution is -0.140. The average Bonchev–Trinajstić information content (AvgIpc) is 3.11. The van der Waals surface area contributed by atoms with Crippen molar-refractivity contribution in [2.45, 2.75) is 13.0 Å². The largest absolute Gasteiger partial charge is 0.497 e. The summed E-state index contributed by atoms with van der Waals surface area (Å²) < 4.78 is 15.4. The molecule has 0 aliphatic heterocycles. The Morgan fingerprint density at radius 2 is 1.69 bits per heavy atom. The minimum atomic E-state index is -0.405. The quantitative estimate of drug-likeness (QED) is 0.685. The average molecular weight is 353 g/mol. The van der Waals surface area contributed by atoms with Gasteiger partial charge < -0.3 is 19.1 Å². The van der Waals surface area contributed by atoms with Crippen LogP contribution < -0.4 is 4.74 Å². The molecule has 0 atom stereocenters. The van der Waals surface area contributed by atoms with Crippen LogP contribution in [0.15, 0.2) is 53.1 Å². The van der Waals surface area contributed by atoms with Gasteiger partial charge in [0.15, 0.2) is 5.76 Å². The van der Waals surface area contributed by atoms with Crippen LogP contribution >= 0.6 is 0 Å². The van der Waals surface area contributed by atoms with Crippen LogP contribution in [0.3, 0.4) is 0 Å².